The molecule has 3 heterocycles. The van der Waals surface area contributed by atoms with Crippen molar-refractivity contribution in [1.29, 1.82) is 0 Å². The van der Waals surface area contributed by atoms with Gasteiger partial charge in [0.05, 0.1) is 24.4 Å². The normalized spacial score (nSPS) is 50.7. The van der Waals surface area contributed by atoms with Crippen molar-refractivity contribution in [2.24, 2.45) is 29.6 Å². The highest BCUT2D eigenvalue weighted by molar-refractivity contribution is 5.66. The van der Waals surface area contributed by atoms with Gasteiger partial charge in [0.15, 0.2) is 0 Å². The molecule has 3 fully saturated rings. The summed E-state index contributed by atoms with van der Waals surface area (Å²) >= 11 is 0. The van der Waals surface area contributed by atoms with E-state index in [1.54, 1.807) is 6.92 Å². The van der Waals surface area contributed by atoms with E-state index < -0.39 is 0 Å². The predicted molar refractivity (Wildman–Crippen MR) is 99.6 cm³/mol. The standard InChI is InChI=1S/C22H34O4/c1-12-7-6-8-22(5)21-18-16(14(3)11-24-22)10-13(2)20(25-15(4)23)19(18)17(9-12)26-21/h7,13-14,16-21H,6,8-11H2,1-5H3/t13-,14?,16?,17+,18?,19?,20?,21+,22+/m1/s1. The van der Waals surface area contributed by atoms with Crippen LogP contribution >= 0.6 is 0 Å². The Morgan fingerprint density at radius 3 is 2.77 bits per heavy atom. The zero-order valence-electron chi connectivity index (χ0n) is 16.9. The summed E-state index contributed by atoms with van der Waals surface area (Å²) in [7, 11) is 0. The quantitative estimate of drug-likeness (QED) is 0.520. The fraction of sp³-hybridized carbons (Fsp3) is 0.864. The molecule has 1 aliphatic carbocycles. The smallest absolute Gasteiger partial charge is 0.302 e. The number of hydrogen-bond acceptors (Lipinski definition) is 4. The van der Waals surface area contributed by atoms with Crippen LogP contribution in [-0.2, 0) is 19.0 Å². The number of esters is 1. The Hall–Kier alpha value is -0.870. The first-order chi connectivity index (χ1) is 12.3. The fourth-order valence-corrected chi connectivity index (χ4v) is 6.34. The van der Waals surface area contributed by atoms with Gasteiger partial charge in [-0.15, -0.1) is 0 Å². The van der Waals surface area contributed by atoms with Crippen LogP contribution in [-0.4, -0.2) is 36.5 Å². The molecule has 3 aliphatic heterocycles. The Bertz CT molecular complexity index is 599. The molecule has 2 saturated heterocycles. The molecule has 5 unspecified atom stereocenters. The first-order valence-electron chi connectivity index (χ1n) is 10.4. The van der Waals surface area contributed by atoms with E-state index in [2.05, 4.69) is 33.8 Å². The fourth-order valence-electron chi connectivity index (χ4n) is 6.34. The summed E-state index contributed by atoms with van der Waals surface area (Å²) < 4.78 is 19.2. The van der Waals surface area contributed by atoms with Gasteiger partial charge < -0.3 is 14.2 Å². The summed E-state index contributed by atoms with van der Waals surface area (Å²) in [6.07, 6.45) is 6.64. The average molecular weight is 363 g/mol. The molecule has 4 heteroatoms. The summed E-state index contributed by atoms with van der Waals surface area (Å²) in [6.45, 7) is 11.4. The number of ether oxygens (including phenoxy) is 3. The number of allylic oxidation sites excluding steroid dienone is 1. The second kappa shape index (κ2) is 6.63. The lowest BCUT2D eigenvalue weighted by Gasteiger charge is -2.46. The van der Waals surface area contributed by atoms with Gasteiger partial charge in [-0.05, 0) is 63.2 Å². The van der Waals surface area contributed by atoms with Crippen molar-refractivity contribution >= 4 is 5.97 Å². The van der Waals surface area contributed by atoms with Crippen molar-refractivity contribution in [3.8, 4) is 0 Å². The van der Waals surface area contributed by atoms with E-state index in [0.717, 1.165) is 32.3 Å². The van der Waals surface area contributed by atoms with Crippen molar-refractivity contribution in [3.05, 3.63) is 11.6 Å². The summed E-state index contributed by atoms with van der Waals surface area (Å²) in [4.78, 5) is 11.8. The zero-order chi connectivity index (χ0) is 18.6. The lowest BCUT2D eigenvalue weighted by Crippen LogP contribution is -2.51. The second-order valence-corrected chi connectivity index (χ2v) is 9.59. The maximum Gasteiger partial charge on any atom is 0.302 e. The highest BCUT2D eigenvalue weighted by Gasteiger charge is 2.62. The molecule has 9 atom stereocenters. The van der Waals surface area contributed by atoms with Gasteiger partial charge in [0.2, 0.25) is 0 Å². The van der Waals surface area contributed by atoms with Crippen molar-refractivity contribution in [2.45, 2.75) is 84.2 Å². The maximum absolute atomic E-state index is 11.8. The highest BCUT2D eigenvalue weighted by atomic mass is 16.6. The van der Waals surface area contributed by atoms with Crippen LogP contribution in [0.15, 0.2) is 11.6 Å². The molecule has 0 N–H and O–H groups in total. The second-order valence-electron chi connectivity index (χ2n) is 9.59. The van der Waals surface area contributed by atoms with Gasteiger partial charge in [-0.2, -0.15) is 0 Å². The molecular formula is C22H34O4. The van der Waals surface area contributed by atoms with Gasteiger partial charge in [-0.1, -0.05) is 25.5 Å². The summed E-state index contributed by atoms with van der Waals surface area (Å²) in [5.41, 5.74) is 1.14. The van der Waals surface area contributed by atoms with E-state index in [-0.39, 0.29) is 35.8 Å². The first-order valence-corrected chi connectivity index (χ1v) is 10.4. The van der Waals surface area contributed by atoms with Crippen molar-refractivity contribution < 1.29 is 19.0 Å². The minimum Gasteiger partial charge on any atom is -0.462 e. The number of hydrogen-bond donors (Lipinski definition) is 0. The first kappa shape index (κ1) is 18.5. The number of carbonyl (C=O) groups excluding carboxylic acids is 1. The molecule has 146 valence electrons. The van der Waals surface area contributed by atoms with Crippen LogP contribution in [0.25, 0.3) is 0 Å². The third-order valence-electron chi connectivity index (χ3n) is 7.59. The largest absolute Gasteiger partial charge is 0.462 e. The predicted octanol–water partition coefficient (Wildman–Crippen LogP) is 4.13. The van der Waals surface area contributed by atoms with Crippen LogP contribution in [0.5, 0.6) is 0 Å². The molecule has 4 rings (SSSR count). The lowest BCUT2D eigenvalue weighted by molar-refractivity contribution is -0.160. The lowest BCUT2D eigenvalue weighted by atomic mass is 9.59. The summed E-state index contributed by atoms with van der Waals surface area (Å²) in [6, 6.07) is 0. The minimum absolute atomic E-state index is 0.0365. The Morgan fingerprint density at radius 1 is 1.27 bits per heavy atom. The molecule has 0 aromatic carbocycles. The molecule has 0 spiro atoms. The van der Waals surface area contributed by atoms with Crippen LogP contribution in [0.4, 0.5) is 0 Å². The minimum atomic E-state index is -0.247. The van der Waals surface area contributed by atoms with E-state index in [1.165, 1.54) is 5.57 Å². The molecule has 0 amide bonds. The third kappa shape index (κ3) is 2.93. The van der Waals surface area contributed by atoms with E-state index in [1.807, 2.05) is 0 Å². The Labute approximate surface area is 157 Å². The number of rotatable bonds is 1. The molecule has 26 heavy (non-hydrogen) atoms. The maximum atomic E-state index is 11.8. The molecule has 0 radical (unpaired) electrons. The van der Waals surface area contributed by atoms with E-state index in [9.17, 15) is 4.79 Å². The highest BCUT2D eigenvalue weighted by Crippen LogP contribution is 2.57. The zero-order valence-corrected chi connectivity index (χ0v) is 16.9. The Morgan fingerprint density at radius 2 is 2.04 bits per heavy atom. The van der Waals surface area contributed by atoms with Crippen molar-refractivity contribution in [3.63, 3.8) is 0 Å². The Kier molecular flexibility index (Phi) is 4.71. The van der Waals surface area contributed by atoms with E-state index in [0.29, 0.717) is 23.7 Å². The SMILES string of the molecule is CC(=O)OC1C2C3C(C[C@H]1C)C(C)CO[C@@]1(C)CCC=C(C)C[C@@H]2O[C@@H]31. The van der Waals surface area contributed by atoms with Crippen LogP contribution in [0.1, 0.15) is 60.3 Å². The average Bonchev–Trinajstić information content (AvgIpc) is 2.92. The third-order valence-corrected chi connectivity index (χ3v) is 7.59. The molecule has 1 saturated carbocycles. The molecule has 4 aliphatic rings. The van der Waals surface area contributed by atoms with Gasteiger partial charge in [0, 0.05) is 12.8 Å². The van der Waals surface area contributed by atoms with Gasteiger partial charge in [0.25, 0.3) is 0 Å². The Balaban J connectivity index is 1.79. The van der Waals surface area contributed by atoms with Crippen molar-refractivity contribution in [1.82, 2.24) is 0 Å². The van der Waals surface area contributed by atoms with Gasteiger partial charge in [0.1, 0.15) is 6.10 Å². The molecule has 0 aromatic heterocycles. The van der Waals surface area contributed by atoms with Gasteiger partial charge in [-0.25, -0.2) is 0 Å². The summed E-state index contributed by atoms with van der Waals surface area (Å²) in [5, 5.41) is 0. The summed E-state index contributed by atoms with van der Waals surface area (Å²) in [5.74, 6) is 2.01. The number of carbonyl (C=O) groups is 1. The number of fused-ring (bicyclic) bond motifs is 2. The molecular weight excluding hydrogens is 328 g/mol. The molecule has 2 bridgehead atoms. The topological polar surface area (TPSA) is 44.8 Å². The molecule has 4 nitrogen and oxygen atoms in total. The van der Waals surface area contributed by atoms with Crippen LogP contribution in [0.2, 0.25) is 0 Å². The molecule has 0 aromatic rings. The van der Waals surface area contributed by atoms with Crippen molar-refractivity contribution in [2.75, 3.05) is 6.61 Å². The monoisotopic (exact) mass is 362 g/mol. The van der Waals surface area contributed by atoms with Crippen LogP contribution in [0, 0.1) is 29.6 Å². The van der Waals surface area contributed by atoms with Gasteiger partial charge >= 0.3 is 5.97 Å². The van der Waals surface area contributed by atoms with E-state index >= 15 is 0 Å². The van der Waals surface area contributed by atoms with E-state index in [4.69, 9.17) is 14.2 Å². The van der Waals surface area contributed by atoms with Crippen LogP contribution < -0.4 is 0 Å². The van der Waals surface area contributed by atoms with Gasteiger partial charge in [-0.3, -0.25) is 4.79 Å². The van der Waals surface area contributed by atoms with Crippen LogP contribution in [0.3, 0.4) is 0 Å².